The van der Waals surface area contributed by atoms with Crippen molar-refractivity contribution in [2.45, 2.75) is 18.8 Å². The van der Waals surface area contributed by atoms with Crippen LogP contribution in [0, 0.1) is 11.3 Å². The summed E-state index contributed by atoms with van der Waals surface area (Å²) >= 11 is 1.65. The number of ether oxygens (including phenoxy) is 1. The maximum Gasteiger partial charge on any atom is 0.387 e. The van der Waals surface area contributed by atoms with Crippen LogP contribution in [0.2, 0.25) is 0 Å². The molecule has 0 bridgehead atoms. The summed E-state index contributed by atoms with van der Waals surface area (Å²) in [4.78, 5) is 11.8. The number of halogens is 2. The van der Waals surface area contributed by atoms with Gasteiger partial charge in [-0.25, -0.2) is 4.79 Å². The van der Waals surface area contributed by atoms with Crippen molar-refractivity contribution < 1.29 is 18.3 Å². The van der Waals surface area contributed by atoms with E-state index in [1.807, 2.05) is 18.2 Å². The number of rotatable bonds is 10. The number of hydrogen-bond acceptors (Lipinski definition) is 4. The summed E-state index contributed by atoms with van der Waals surface area (Å²) in [6.45, 7) is -1.88. The number of nitrogens with one attached hydrogen (secondary N) is 2. The molecule has 2 amide bonds. The number of benzene rings is 2. The highest BCUT2D eigenvalue weighted by Gasteiger charge is 2.05. The zero-order chi connectivity index (χ0) is 20.2. The molecule has 2 rings (SSSR count). The van der Waals surface area contributed by atoms with E-state index in [1.54, 1.807) is 30.0 Å². The number of nitrogens with zero attached hydrogens (tertiary/aromatic N) is 1. The van der Waals surface area contributed by atoms with Gasteiger partial charge in [-0.1, -0.05) is 30.3 Å². The molecule has 2 N–H and O–H groups in total. The fraction of sp³-hybridized carbons (Fsp3) is 0.300. The Morgan fingerprint density at radius 1 is 1.11 bits per heavy atom. The van der Waals surface area contributed by atoms with E-state index in [0.29, 0.717) is 25.1 Å². The molecular formula is C20H21F2N3O2S. The number of nitriles is 1. The molecule has 5 nitrogen and oxygen atoms in total. The topological polar surface area (TPSA) is 74.2 Å². The van der Waals surface area contributed by atoms with Crippen molar-refractivity contribution in [1.29, 1.82) is 5.26 Å². The van der Waals surface area contributed by atoms with E-state index in [9.17, 15) is 13.6 Å². The second kappa shape index (κ2) is 11.8. The fourth-order valence-corrected chi connectivity index (χ4v) is 3.26. The van der Waals surface area contributed by atoms with E-state index < -0.39 is 6.61 Å². The highest BCUT2D eigenvalue weighted by Crippen LogP contribution is 2.16. The average Bonchev–Trinajstić information content (AvgIpc) is 2.69. The van der Waals surface area contributed by atoms with Crippen LogP contribution in [0.15, 0.2) is 48.5 Å². The van der Waals surface area contributed by atoms with Gasteiger partial charge in [0.05, 0.1) is 11.6 Å². The third-order valence-electron chi connectivity index (χ3n) is 3.78. The summed E-state index contributed by atoms with van der Waals surface area (Å²) in [5.74, 6) is 1.57. The van der Waals surface area contributed by atoms with Crippen molar-refractivity contribution in [1.82, 2.24) is 10.6 Å². The van der Waals surface area contributed by atoms with Crippen molar-refractivity contribution >= 4 is 17.8 Å². The monoisotopic (exact) mass is 405 g/mol. The lowest BCUT2D eigenvalue weighted by Gasteiger charge is -2.09. The first-order chi connectivity index (χ1) is 13.6. The molecule has 2 aromatic carbocycles. The number of amides is 2. The van der Waals surface area contributed by atoms with Gasteiger partial charge in [-0.3, -0.25) is 0 Å². The van der Waals surface area contributed by atoms with Gasteiger partial charge in [0.25, 0.3) is 0 Å². The number of carbonyl (C=O) groups excluding carboxylic acids is 1. The fourth-order valence-electron chi connectivity index (χ4n) is 2.39. The zero-order valence-electron chi connectivity index (χ0n) is 15.2. The summed E-state index contributed by atoms with van der Waals surface area (Å²) in [5.41, 5.74) is 2.58. The molecule has 28 heavy (non-hydrogen) atoms. The van der Waals surface area contributed by atoms with Crippen LogP contribution < -0.4 is 15.4 Å². The Morgan fingerprint density at radius 2 is 1.82 bits per heavy atom. The van der Waals surface area contributed by atoms with E-state index in [-0.39, 0.29) is 11.8 Å². The molecule has 0 aliphatic rings. The highest BCUT2D eigenvalue weighted by molar-refractivity contribution is 7.98. The molecule has 0 heterocycles. The molecular weight excluding hydrogens is 384 g/mol. The molecule has 0 saturated heterocycles. The molecule has 0 fully saturated rings. The van der Waals surface area contributed by atoms with Crippen molar-refractivity contribution in [2.24, 2.45) is 0 Å². The van der Waals surface area contributed by atoms with Crippen LogP contribution in [0.1, 0.15) is 16.7 Å². The van der Waals surface area contributed by atoms with E-state index in [0.717, 1.165) is 22.6 Å². The summed E-state index contributed by atoms with van der Waals surface area (Å²) in [7, 11) is 0. The van der Waals surface area contributed by atoms with Gasteiger partial charge < -0.3 is 15.4 Å². The van der Waals surface area contributed by atoms with Gasteiger partial charge in [0.15, 0.2) is 0 Å². The molecule has 0 aliphatic carbocycles. The van der Waals surface area contributed by atoms with Crippen LogP contribution >= 0.6 is 11.8 Å². The van der Waals surface area contributed by atoms with Crippen LogP contribution in [-0.2, 0) is 12.2 Å². The largest absolute Gasteiger partial charge is 0.435 e. The predicted molar refractivity (Wildman–Crippen MR) is 105 cm³/mol. The van der Waals surface area contributed by atoms with E-state index >= 15 is 0 Å². The van der Waals surface area contributed by atoms with Gasteiger partial charge >= 0.3 is 12.6 Å². The van der Waals surface area contributed by atoms with Gasteiger partial charge in [0.1, 0.15) is 5.75 Å². The van der Waals surface area contributed by atoms with Crippen LogP contribution in [-0.4, -0.2) is 31.5 Å². The number of alkyl halides is 2. The first kappa shape index (κ1) is 21.5. The van der Waals surface area contributed by atoms with Gasteiger partial charge in [-0.2, -0.15) is 25.8 Å². The molecule has 8 heteroatoms. The Bertz CT molecular complexity index is 795. The lowest BCUT2D eigenvalue weighted by atomic mass is 10.1. The molecule has 0 aromatic heterocycles. The van der Waals surface area contributed by atoms with Gasteiger partial charge in [0, 0.05) is 24.6 Å². The Labute approximate surface area is 167 Å². The molecule has 0 saturated carbocycles. The number of urea groups is 1. The third kappa shape index (κ3) is 7.84. The Hall–Kier alpha value is -2.79. The highest BCUT2D eigenvalue weighted by atomic mass is 32.2. The summed E-state index contributed by atoms with van der Waals surface area (Å²) in [6.07, 6.45) is 0.585. The van der Waals surface area contributed by atoms with Gasteiger partial charge in [-0.15, -0.1) is 0 Å². The maximum atomic E-state index is 12.1. The predicted octanol–water partition coefficient (Wildman–Crippen LogP) is 3.93. The molecule has 0 aliphatic heterocycles. The van der Waals surface area contributed by atoms with Crippen LogP contribution in [0.3, 0.4) is 0 Å². The second-order valence-corrected chi connectivity index (χ2v) is 6.88. The first-order valence-corrected chi connectivity index (χ1v) is 9.85. The second-order valence-electron chi connectivity index (χ2n) is 5.78. The molecule has 0 unspecified atom stereocenters. The van der Waals surface area contributed by atoms with Gasteiger partial charge in [-0.05, 0) is 35.7 Å². The molecule has 0 spiro atoms. The lowest BCUT2D eigenvalue weighted by molar-refractivity contribution is -0.0498. The minimum atomic E-state index is -2.84. The molecule has 0 radical (unpaired) electrons. The number of thioether (sulfide) groups is 1. The smallest absolute Gasteiger partial charge is 0.387 e. The third-order valence-corrected chi connectivity index (χ3v) is 4.78. The Morgan fingerprint density at radius 3 is 2.54 bits per heavy atom. The zero-order valence-corrected chi connectivity index (χ0v) is 16.0. The summed E-state index contributed by atoms with van der Waals surface area (Å²) < 4.78 is 28.5. The number of carbonyl (C=O) groups is 1. The maximum absolute atomic E-state index is 12.1. The summed E-state index contributed by atoms with van der Waals surface area (Å²) in [6, 6.07) is 15.7. The Kier molecular flexibility index (Phi) is 9.08. The van der Waals surface area contributed by atoms with Crippen molar-refractivity contribution in [3.63, 3.8) is 0 Å². The normalized spacial score (nSPS) is 10.4. The van der Waals surface area contributed by atoms with Crippen LogP contribution in [0.5, 0.6) is 5.75 Å². The molecule has 2 aromatic rings. The van der Waals surface area contributed by atoms with E-state index in [2.05, 4.69) is 21.4 Å². The SMILES string of the molecule is N#Cc1ccccc1CSCCNC(=O)NCCc1ccc(OC(F)F)cc1. The first-order valence-electron chi connectivity index (χ1n) is 8.69. The van der Waals surface area contributed by atoms with E-state index in [4.69, 9.17) is 5.26 Å². The van der Waals surface area contributed by atoms with Crippen molar-refractivity contribution in [3.8, 4) is 11.8 Å². The van der Waals surface area contributed by atoms with Gasteiger partial charge in [0.2, 0.25) is 0 Å². The summed E-state index contributed by atoms with van der Waals surface area (Å²) in [5, 5.41) is 14.6. The van der Waals surface area contributed by atoms with E-state index in [1.165, 1.54) is 12.1 Å². The standard InChI is InChI=1S/C20H21F2N3O2S/c21-19(22)27-18-7-5-15(6-8-18)9-10-24-20(26)25-11-12-28-14-17-4-2-1-3-16(17)13-23/h1-8,19H,9-12,14H2,(H2,24,25,26). The molecule has 0 atom stereocenters. The van der Waals surface area contributed by atoms with Crippen molar-refractivity contribution in [3.05, 3.63) is 65.2 Å². The molecule has 148 valence electrons. The van der Waals surface area contributed by atoms with Crippen molar-refractivity contribution in [2.75, 3.05) is 18.8 Å². The number of hydrogen-bond donors (Lipinski definition) is 2. The lowest BCUT2D eigenvalue weighted by Crippen LogP contribution is -2.37. The van der Waals surface area contributed by atoms with Crippen LogP contribution in [0.4, 0.5) is 13.6 Å². The minimum absolute atomic E-state index is 0.111. The van der Waals surface area contributed by atoms with Crippen LogP contribution in [0.25, 0.3) is 0 Å². The minimum Gasteiger partial charge on any atom is -0.435 e. The quantitative estimate of drug-likeness (QED) is 0.588. The Balaban J connectivity index is 1.57. The average molecular weight is 405 g/mol.